The van der Waals surface area contributed by atoms with Gasteiger partial charge in [0.15, 0.2) is 5.76 Å². The lowest BCUT2D eigenvalue weighted by molar-refractivity contribution is 0.0729. The molecule has 158 valence electrons. The Morgan fingerprint density at radius 1 is 1.13 bits per heavy atom. The average molecular weight is 409 g/mol. The Morgan fingerprint density at radius 2 is 2.00 bits per heavy atom. The molecule has 1 fully saturated rings. The summed E-state index contributed by atoms with van der Waals surface area (Å²) in [6.07, 6.45) is 2.44. The maximum Gasteiger partial charge on any atom is 0.289 e. The summed E-state index contributed by atoms with van der Waals surface area (Å²) in [7, 11) is 0. The van der Waals surface area contributed by atoms with Gasteiger partial charge in [-0.15, -0.1) is 0 Å². The number of oxazole rings is 1. The first kappa shape index (κ1) is 20.2. The van der Waals surface area contributed by atoms with Crippen LogP contribution in [0.25, 0.3) is 11.5 Å². The summed E-state index contributed by atoms with van der Waals surface area (Å²) < 4.78 is 17.0. The van der Waals surface area contributed by atoms with Gasteiger partial charge in [-0.25, -0.2) is 4.98 Å². The van der Waals surface area contributed by atoms with Crippen molar-refractivity contribution in [3.63, 3.8) is 0 Å². The van der Waals surface area contributed by atoms with Gasteiger partial charge < -0.3 is 18.5 Å². The van der Waals surface area contributed by atoms with Gasteiger partial charge in [0, 0.05) is 32.7 Å². The number of amides is 1. The highest BCUT2D eigenvalue weighted by Crippen LogP contribution is 2.31. The highest BCUT2D eigenvalue weighted by atomic mass is 16.5. The molecule has 3 aromatic rings. The number of hydrogen-bond acceptors (Lipinski definition) is 6. The lowest BCUT2D eigenvalue weighted by atomic mass is 10.2. The van der Waals surface area contributed by atoms with Crippen LogP contribution in [0.1, 0.15) is 35.4 Å². The van der Waals surface area contributed by atoms with Crippen molar-refractivity contribution in [3.05, 3.63) is 59.9 Å². The molecule has 1 aromatic carbocycles. The predicted molar refractivity (Wildman–Crippen MR) is 112 cm³/mol. The zero-order valence-electron chi connectivity index (χ0n) is 17.5. The molecule has 1 aliphatic rings. The maximum absolute atomic E-state index is 12.6. The van der Waals surface area contributed by atoms with Gasteiger partial charge in [0.2, 0.25) is 5.89 Å². The lowest BCUT2D eigenvalue weighted by Crippen LogP contribution is -2.35. The van der Waals surface area contributed by atoms with Gasteiger partial charge in [-0.3, -0.25) is 9.69 Å². The largest absolute Gasteiger partial charge is 0.493 e. The third-order valence-electron chi connectivity index (χ3n) is 5.29. The molecule has 1 amide bonds. The summed E-state index contributed by atoms with van der Waals surface area (Å²) in [5.74, 6) is 2.51. The number of aryl methyl sites for hydroxylation is 1. The number of aromatic nitrogens is 1. The minimum atomic E-state index is -0.0470. The topological polar surface area (TPSA) is 72.0 Å². The Bertz CT molecular complexity index is 980. The van der Waals surface area contributed by atoms with E-state index in [9.17, 15) is 4.79 Å². The monoisotopic (exact) mass is 409 g/mol. The second kappa shape index (κ2) is 9.17. The summed E-state index contributed by atoms with van der Waals surface area (Å²) in [6.45, 7) is 8.25. The molecule has 0 unspecified atom stereocenters. The summed E-state index contributed by atoms with van der Waals surface area (Å²) in [5.41, 5.74) is 1.78. The number of furan rings is 1. The van der Waals surface area contributed by atoms with Crippen LogP contribution in [-0.2, 0) is 6.54 Å². The highest BCUT2D eigenvalue weighted by Gasteiger charge is 2.23. The first-order chi connectivity index (χ1) is 14.7. The molecule has 1 aliphatic heterocycles. The highest BCUT2D eigenvalue weighted by molar-refractivity contribution is 5.91. The number of benzene rings is 1. The van der Waals surface area contributed by atoms with E-state index in [-0.39, 0.29) is 5.91 Å². The fraction of sp³-hybridized carbons (Fsp3) is 0.391. The number of hydrogen-bond donors (Lipinski definition) is 0. The second-order valence-corrected chi connectivity index (χ2v) is 7.35. The quantitative estimate of drug-likeness (QED) is 0.613. The van der Waals surface area contributed by atoms with Crippen molar-refractivity contribution >= 4 is 5.91 Å². The van der Waals surface area contributed by atoms with Crippen molar-refractivity contribution in [3.8, 4) is 17.2 Å². The zero-order chi connectivity index (χ0) is 20.9. The molecule has 4 rings (SSSR count). The molecule has 0 bridgehead atoms. The van der Waals surface area contributed by atoms with Gasteiger partial charge in [0.25, 0.3) is 5.91 Å². The molecule has 0 spiro atoms. The Hall–Kier alpha value is -3.06. The van der Waals surface area contributed by atoms with E-state index in [1.165, 1.54) is 6.26 Å². The summed E-state index contributed by atoms with van der Waals surface area (Å²) in [4.78, 5) is 21.5. The van der Waals surface area contributed by atoms with E-state index in [0.29, 0.717) is 31.3 Å². The van der Waals surface area contributed by atoms with Crippen molar-refractivity contribution in [1.29, 1.82) is 0 Å². The Morgan fingerprint density at radius 3 is 2.80 bits per heavy atom. The minimum Gasteiger partial charge on any atom is -0.493 e. The summed E-state index contributed by atoms with van der Waals surface area (Å²) >= 11 is 0. The smallest absolute Gasteiger partial charge is 0.289 e. The van der Waals surface area contributed by atoms with Crippen molar-refractivity contribution in [2.24, 2.45) is 0 Å². The van der Waals surface area contributed by atoms with Crippen molar-refractivity contribution < 1.29 is 18.4 Å². The van der Waals surface area contributed by atoms with E-state index in [1.54, 1.807) is 12.1 Å². The van der Waals surface area contributed by atoms with Crippen molar-refractivity contribution in [2.75, 3.05) is 32.8 Å². The standard InChI is InChI=1S/C23H27N3O4/c1-3-28-20-9-5-4-8-18(20)22-24-19(17(2)30-22)16-25-11-7-12-26(14-13-25)23(27)21-10-6-15-29-21/h4-6,8-10,15H,3,7,11-14,16H2,1-2H3. The number of para-hydroxylation sites is 1. The van der Waals surface area contributed by atoms with Crippen LogP contribution in [0.4, 0.5) is 0 Å². The van der Waals surface area contributed by atoms with Gasteiger partial charge in [-0.05, 0) is 44.5 Å². The normalized spacial score (nSPS) is 15.2. The van der Waals surface area contributed by atoms with E-state index in [0.717, 1.165) is 48.8 Å². The van der Waals surface area contributed by atoms with E-state index in [2.05, 4.69) is 4.90 Å². The van der Waals surface area contributed by atoms with Crippen LogP contribution >= 0.6 is 0 Å². The van der Waals surface area contributed by atoms with Gasteiger partial charge in [-0.2, -0.15) is 0 Å². The molecular formula is C23H27N3O4. The molecule has 30 heavy (non-hydrogen) atoms. The number of nitrogens with zero attached hydrogens (tertiary/aromatic N) is 3. The van der Waals surface area contributed by atoms with Gasteiger partial charge >= 0.3 is 0 Å². The molecule has 7 nitrogen and oxygen atoms in total. The average Bonchev–Trinajstić information content (AvgIpc) is 3.34. The molecular weight excluding hydrogens is 382 g/mol. The molecule has 3 heterocycles. The van der Waals surface area contributed by atoms with E-state index < -0.39 is 0 Å². The van der Waals surface area contributed by atoms with Crippen molar-refractivity contribution in [2.45, 2.75) is 26.8 Å². The molecule has 0 N–H and O–H groups in total. The van der Waals surface area contributed by atoms with Crippen LogP contribution in [0.5, 0.6) is 5.75 Å². The number of rotatable bonds is 6. The fourth-order valence-electron chi connectivity index (χ4n) is 3.71. The molecule has 2 aromatic heterocycles. The van der Waals surface area contributed by atoms with E-state index >= 15 is 0 Å². The van der Waals surface area contributed by atoms with Gasteiger partial charge in [0.05, 0.1) is 24.1 Å². The third kappa shape index (κ3) is 4.41. The Labute approximate surface area is 176 Å². The van der Waals surface area contributed by atoms with Crippen LogP contribution < -0.4 is 4.74 Å². The summed E-state index contributed by atoms with van der Waals surface area (Å²) in [5, 5.41) is 0. The maximum atomic E-state index is 12.6. The molecule has 0 radical (unpaired) electrons. The Balaban J connectivity index is 1.43. The minimum absolute atomic E-state index is 0.0470. The molecule has 1 saturated heterocycles. The van der Waals surface area contributed by atoms with E-state index in [4.69, 9.17) is 18.6 Å². The Kier molecular flexibility index (Phi) is 6.18. The van der Waals surface area contributed by atoms with E-state index in [1.807, 2.05) is 43.0 Å². The number of carbonyl (C=O) groups is 1. The van der Waals surface area contributed by atoms with Gasteiger partial charge in [0.1, 0.15) is 11.5 Å². The van der Waals surface area contributed by atoms with Crippen LogP contribution in [0.2, 0.25) is 0 Å². The van der Waals surface area contributed by atoms with Gasteiger partial charge in [-0.1, -0.05) is 12.1 Å². The predicted octanol–water partition coefficient (Wildman–Crippen LogP) is 3.99. The van der Waals surface area contributed by atoms with Crippen molar-refractivity contribution in [1.82, 2.24) is 14.8 Å². The zero-order valence-corrected chi connectivity index (χ0v) is 17.5. The third-order valence-corrected chi connectivity index (χ3v) is 5.29. The van der Waals surface area contributed by atoms with Crippen LogP contribution in [0, 0.1) is 6.92 Å². The SMILES string of the molecule is CCOc1ccccc1-c1nc(CN2CCCN(C(=O)c3ccco3)CC2)c(C)o1. The lowest BCUT2D eigenvalue weighted by Gasteiger charge is -2.20. The molecule has 0 atom stereocenters. The first-order valence-electron chi connectivity index (χ1n) is 10.4. The molecule has 0 saturated carbocycles. The summed E-state index contributed by atoms with van der Waals surface area (Å²) in [6, 6.07) is 11.2. The number of ether oxygens (including phenoxy) is 1. The fourth-order valence-corrected chi connectivity index (χ4v) is 3.71. The van der Waals surface area contributed by atoms with Crippen LogP contribution in [0.3, 0.4) is 0 Å². The number of carbonyl (C=O) groups excluding carboxylic acids is 1. The second-order valence-electron chi connectivity index (χ2n) is 7.35. The molecule has 7 heteroatoms. The first-order valence-corrected chi connectivity index (χ1v) is 10.4. The molecule has 0 aliphatic carbocycles. The van der Waals surface area contributed by atoms with Crippen LogP contribution in [0.15, 0.2) is 51.5 Å². The van der Waals surface area contributed by atoms with Crippen LogP contribution in [-0.4, -0.2) is 53.5 Å².